The summed E-state index contributed by atoms with van der Waals surface area (Å²) in [4.78, 5) is 13.2. The van der Waals surface area contributed by atoms with Crippen LogP contribution in [0.2, 0.25) is 5.02 Å². The molecule has 158 valence electrons. The highest BCUT2D eigenvalue weighted by atomic mass is 35.5. The third-order valence-electron chi connectivity index (χ3n) is 4.20. The molecule has 0 radical (unpaired) electrons. The minimum Gasteiger partial charge on any atom is -0.324 e. The Kier molecular flexibility index (Phi) is 7.03. The zero-order valence-electron chi connectivity index (χ0n) is 17.0. The number of allylic oxidation sites excluding steroid dienone is 1. The first kappa shape index (κ1) is 21.0. The Bertz CT molecular complexity index is 1150. The molecule has 8 heteroatoms. The summed E-state index contributed by atoms with van der Waals surface area (Å²) in [5, 5.41) is 11.2. The van der Waals surface area contributed by atoms with Crippen molar-refractivity contribution in [1.82, 2.24) is 15.0 Å². The fraction of sp³-hybridized carbons (Fsp3) is 0. The summed E-state index contributed by atoms with van der Waals surface area (Å²) in [6, 6.07) is 26.9. The van der Waals surface area contributed by atoms with Gasteiger partial charge in [0, 0.05) is 22.6 Å². The van der Waals surface area contributed by atoms with Crippen LogP contribution < -0.4 is 16.1 Å². The van der Waals surface area contributed by atoms with Gasteiger partial charge >= 0.3 is 0 Å². The lowest BCUT2D eigenvalue weighted by molar-refractivity contribution is 1.04. The number of aromatic nitrogens is 3. The van der Waals surface area contributed by atoms with E-state index >= 15 is 0 Å². The molecule has 0 bridgehead atoms. The summed E-state index contributed by atoms with van der Waals surface area (Å²) < 4.78 is 0. The van der Waals surface area contributed by atoms with E-state index in [-0.39, 0.29) is 0 Å². The van der Waals surface area contributed by atoms with Gasteiger partial charge in [-0.3, -0.25) is 0 Å². The number of para-hydroxylation sites is 2. The van der Waals surface area contributed by atoms with Gasteiger partial charge < -0.3 is 10.6 Å². The van der Waals surface area contributed by atoms with E-state index in [9.17, 15) is 0 Å². The molecule has 0 unspecified atom stereocenters. The average Bonchev–Trinajstić information content (AvgIpc) is 2.81. The molecule has 1 aromatic heterocycles. The maximum Gasteiger partial charge on any atom is 0.250 e. The molecule has 32 heavy (non-hydrogen) atoms. The lowest BCUT2D eigenvalue weighted by Crippen LogP contribution is -2.07. The quantitative estimate of drug-likeness (QED) is 0.225. The van der Waals surface area contributed by atoms with Crippen molar-refractivity contribution in [3.05, 3.63) is 102 Å². The Balaban J connectivity index is 1.51. The second-order valence-corrected chi connectivity index (χ2v) is 6.97. The van der Waals surface area contributed by atoms with Crippen LogP contribution in [-0.4, -0.2) is 21.2 Å². The molecule has 4 rings (SSSR count). The zero-order valence-corrected chi connectivity index (χ0v) is 17.7. The summed E-state index contributed by atoms with van der Waals surface area (Å²) in [5.74, 6) is 1.06. The summed E-state index contributed by atoms with van der Waals surface area (Å²) in [6.07, 6.45) is 5.25. The highest BCUT2D eigenvalue weighted by Gasteiger charge is 2.07. The summed E-state index contributed by atoms with van der Waals surface area (Å²) >= 11 is 6.15. The van der Waals surface area contributed by atoms with E-state index in [2.05, 4.69) is 36.1 Å². The van der Waals surface area contributed by atoms with Crippen LogP contribution in [-0.2, 0) is 0 Å². The van der Waals surface area contributed by atoms with Gasteiger partial charge in [0.2, 0.25) is 17.8 Å². The second-order valence-electron chi connectivity index (χ2n) is 6.56. The lowest BCUT2D eigenvalue weighted by Gasteiger charge is -2.10. The first-order valence-electron chi connectivity index (χ1n) is 9.87. The number of hydrogen-bond donors (Lipinski definition) is 3. The lowest BCUT2D eigenvalue weighted by atomic mass is 10.2. The Morgan fingerprint density at radius 1 is 0.656 bits per heavy atom. The number of anilines is 5. The van der Waals surface area contributed by atoms with Crippen molar-refractivity contribution < 1.29 is 0 Å². The van der Waals surface area contributed by atoms with Gasteiger partial charge in [0.15, 0.2) is 0 Å². The van der Waals surface area contributed by atoms with E-state index in [0.717, 1.165) is 16.9 Å². The van der Waals surface area contributed by atoms with Gasteiger partial charge in [-0.2, -0.15) is 20.1 Å². The van der Waals surface area contributed by atoms with Gasteiger partial charge in [0.1, 0.15) is 0 Å². The first-order valence-corrected chi connectivity index (χ1v) is 10.2. The molecule has 0 atom stereocenters. The Hall–Kier alpha value is -4.23. The predicted octanol–water partition coefficient (Wildman–Crippen LogP) is 6.12. The van der Waals surface area contributed by atoms with Crippen molar-refractivity contribution >= 4 is 53.1 Å². The van der Waals surface area contributed by atoms with Crippen LogP contribution in [0.25, 0.3) is 6.08 Å². The van der Waals surface area contributed by atoms with E-state index in [4.69, 9.17) is 11.6 Å². The maximum absolute atomic E-state index is 6.15. The van der Waals surface area contributed by atoms with Crippen LogP contribution in [0.3, 0.4) is 0 Å². The zero-order chi connectivity index (χ0) is 22.0. The highest BCUT2D eigenvalue weighted by molar-refractivity contribution is 6.32. The van der Waals surface area contributed by atoms with Gasteiger partial charge in [-0.15, -0.1) is 0 Å². The summed E-state index contributed by atoms with van der Waals surface area (Å²) in [6.45, 7) is 0. The van der Waals surface area contributed by atoms with Crippen LogP contribution in [0.1, 0.15) is 5.56 Å². The van der Waals surface area contributed by atoms with Crippen LogP contribution in [0.4, 0.5) is 29.2 Å². The molecule has 0 amide bonds. The minimum absolute atomic E-state index is 0.291. The van der Waals surface area contributed by atoms with E-state index in [0.29, 0.717) is 22.9 Å². The molecule has 0 saturated carbocycles. The van der Waals surface area contributed by atoms with E-state index < -0.39 is 0 Å². The third kappa shape index (κ3) is 6.13. The van der Waals surface area contributed by atoms with Gasteiger partial charge in [-0.25, -0.2) is 5.43 Å². The van der Waals surface area contributed by atoms with Crippen LogP contribution >= 0.6 is 11.6 Å². The standard InChI is InChI=1S/C24H20ClN7/c25-21-16-8-7-10-18(21)11-9-17-26-32-24-30-22(27-19-12-3-1-4-13-19)29-23(31-24)28-20-14-5-2-6-15-20/h1-17H,(H3,27,28,29,30,31,32)/b11-9+,26-17-. The number of hydrazone groups is 1. The molecule has 1 heterocycles. The van der Waals surface area contributed by atoms with Crippen molar-refractivity contribution in [1.29, 1.82) is 0 Å². The normalized spacial score (nSPS) is 11.0. The molecule has 0 aliphatic heterocycles. The largest absolute Gasteiger partial charge is 0.324 e. The Labute approximate surface area is 190 Å². The monoisotopic (exact) mass is 441 g/mol. The molecule has 0 aliphatic rings. The number of halogens is 1. The molecule has 4 aromatic rings. The van der Waals surface area contributed by atoms with Gasteiger partial charge in [0.05, 0.1) is 0 Å². The Morgan fingerprint density at radius 2 is 1.19 bits per heavy atom. The number of rotatable bonds is 8. The van der Waals surface area contributed by atoms with Crippen molar-refractivity contribution in [3.63, 3.8) is 0 Å². The van der Waals surface area contributed by atoms with E-state index in [1.165, 1.54) is 0 Å². The van der Waals surface area contributed by atoms with Gasteiger partial charge in [0.25, 0.3) is 0 Å². The fourth-order valence-corrected chi connectivity index (χ4v) is 2.93. The van der Waals surface area contributed by atoms with Crippen molar-refractivity contribution in [2.24, 2.45) is 5.10 Å². The number of nitrogens with one attached hydrogen (secondary N) is 3. The number of nitrogens with zero attached hydrogens (tertiary/aromatic N) is 4. The topological polar surface area (TPSA) is 87.1 Å². The maximum atomic E-state index is 6.15. The molecular weight excluding hydrogens is 422 g/mol. The molecule has 7 nitrogen and oxygen atoms in total. The molecule has 0 aliphatic carbocycles. The van der Waals surface area contributed by atoms with Crippen molar-refractivity contribution in [2.75, 3.05) is 16.1 Å². The third-order valence-corrected chi connectivity index (χ3v) is 4.55. The first-order chi connectivity index (χ1) is 15.8. The number of benzene rings is 3. The van der Waals surface area contributed by atoms with Crippen LogP contribution in [0.15, 0.2) is 96.1 Å². The van der Waals surface area contributed by atoms with E-state index in [1.807, 2.05) is 91.0 Å². The van der Waals surface area contributed by atoms with E-state index in [1.54, 1.807) is 12.3 Å². The van der Waals surface area contributed by atoms with Crippen molar-refractivity contribution in [2.45, 2.75) is 0 Å². The second kappa shape index (κ2) is 10.7. The highest BCUT2D eigenvalue weighted by Crippen LogP contribution is 2.18. The molecule has 0 spiro atoms. The summed E-state index contributed by atoms with van der Waals surface area (Å²) in [7, 11) is 0. The molecule has 0 fully saturated rings. The molecule has 3 aromatic carbocycles. The minimum atomic E-state index is 0.291. The average molecular weight is 442 g/mol. The summed E-state index contributed by atoms with van der Waals surface area (Å²) in [5.41, 5.74) is 5.47. The molecule has 0 saturated heterocycles. The molecular formula is C24H20ClN7. The smallest absolute Gasteiger partial charge is 0.250 e. The van der Waals surface area contributed by atoms with Gasteiger partial charge in [-0.1, -0.05) is 72.3 Å². The van der Waals surface area contributed by atoms with Crippen LogP contribution in [0, 0.1) is 0 Å². The Morgan fingerprint density at radius 3 is 1.78 bits per heavy atom. The van der Waals surface area contributed by atoms with Crippen LogP contribution in [0.5, 0.6) is 0 Å². The van der Waals surface area contributed by atoms with Gasteiger partial charge in [-0.05, 0) is 42.0 Å². The SMILES string of the molecule is Clc1ccccc1/C=C/C=N\Nc1nc(Nc2ccccc2)nc(Nc2ccccc2)n1. The van der Waals surface area contributed by atoms with Crippen molar-refractivity contribution in [3.8, 4) is 0 Å². The fourth-order valence-electron chi connectivity index (χ4n) is 2.73. The molecule has 3 N–H and O–H groups in total. The predicted molar refractivity (Wildman–Crippen MR) is 132 cm³/mol. The number of hydrogen-bond acceptors (Lipinski definition) is 7.